The zero-order chi connectivity index (χ0) is 15.6. The second kappa shape index (κ2) is 6.43. The zero-order valence-electron chi connectivity index (χ0n) is 12.3. The normalized spacial score (nSPS) is 15.4. The van der Waals surface area contributed by atoms with Gasteiger partial charge in [-0.1, -0.05) is 11.6 Å². The van der Waals surface area contributed by atoms with Gasteiger partial charge in [-0.05, 0) is 18.8 Å². The van der Waals surface area contributed by atoms with Gasteiger partial charge in [-0.15, -0.1) is 0 Å². The van der Waals surface area contributed by atoms with Crippen LogP contribution in [0.4, 0.5) is 0 Å². The summed E-state index contributed by atoms with van der Waals surface area (Å²) in [4.78, 5) is 11.2. The number of rotatable bonds is 7. The number of carboxylic acids is 1. The third-order valence-corrected chi connectivity index (χ3v) is 4.05. The van der Waals surface area contributed by atoms with E-state index in [4.69, 9.17) is 25.8 Å². The number of ether oxygens (including phenoxy) is 3. The molecule has 1 fully saturated rings. The van der Waals surface area contributed by atoms with Crippen molar-refractivity contribution in [1.29, 1.82) is 0 Å². The molecule has 1 aromatic rings. The highest BCUT2D eigenvalue weighted by molar-refractivity contribution is 6.32. The lowest BCUT2D eigenvalue weighted by Crippen LogP contribution is -2.12. The number of hydrogen-bond acceptors (Lipinski definition) is 4. The molecule has 1 aromatic carbocycles. The highest BCUT2D eigenvalue weighted by atomic mass is 35.5. The maximum atomic E-state index is 11.2. The van der Waals surface area contributed by atoms with Crippen molar-refractivity contribution in [2.24, 2.45) is 5.92 Å². The van der Waals surface area contributed by atoms with Gasteiger partial charge in [0.25, 0.3) is 0 Å². The Morgan fingerprint density at radius 3 is 2.33 bits per heavy atom. The van der Waals surface area contributed by atoms with Crippen LogP contribution in [-0.2, 0) is 4.79 Å². The molecule has 0 radical (unpaired) electrons. The predicted molar refractivity (Wildman–Crippen MR) is 78.8 cm³/mol. The van der Waals surface area contributed by atoms with E-state index in [-0.39, 0.29) is 12.3 Å². The summed E-state index contributed by atoms with van der Waals surface area (Å²) in [5.74, 6) is 0.709. The Hall–Kier alpha value is -1.62. The summed E-state index contributed by atoms with van der Waals surface area (Å²) >= 11 is 6.24. The van der Waals surface area contributed by atoms with E-state index in [0.717, 1.165) is 12.8 Å². The summed E-state index contributed by atoms with van der Waals surface area (Å²) in [5.41, 5.74) is 0.689. The summed E-state index contributed by atoms with van der Waals surface area (Å²) < 4.78 is 16.1. The number of methoxy groups -OCH3 is 3. The van der Waals surface area contributed by atoms with Gasteiger partial charge in [0.1, 0.15) is 5.75 Å². The molecule has 0 aliphatic heterocycles. The van der Waals surface area contributed by atoms with Gasteiger partial charge >= 0.3 is 5.97 Å². The van der Waals surface area contributed by atoms with Gasteiger partial charge in [0.15, 0.2) is 11.5 Å². The molecule has 1 N–H and O–H groups in total. The first-order chi connectivity index (χ1) is 10.0. The van der Waals surface area contributed by atoms with Crippen molar-refractivity contribution < 1.29 is 24.1 Å². The van der Waals surface area contributed by atoms with Crippen LogP contribution < -0.4 is 14.2 Å². The van der Waals surface area contributed by atoms with Crippen LogP contribution in [0.25, 0.3) is 0 Å². The van der Waals surface area contributed by atoms with Crippen LogP contribution in [0.2, 0.25) is 5.02 Å². The minimum absolute atomic E-state index is 0.0148. The summed E-state index contributed by atoms with van der Waals surface area (Å²) in [6.45, 7) is 0. The fourth-order valence-electron chi connectivity index (χ4n) is 2.71. The number of carbonyl (C=O) groups is 1. The SMILES string of the molecule is COc1cc(Cl)c(OC)c(C(CC(=O)O)C2CC2)c1OC. The molecular formula is C15H19ClO5. The Morgan fingerprint density at radius 2 is 1.90 bits per heavy atom. The molecule has 1 atom stereocenters. The summed E-state index contributed by atoms with van der Waals surface area (Å²) in [7, 11) is 4.56. The van der Waals surface area contributed by atoms with E-state index in [1.165, 1.54) is 21.3 Å². The number of hydrogen-bond donors (Lipinski definition) is 1. The van der Waals surface area contributed by atoms with E-state index in [1.807, 2.05) is 0 Å². The van der Waals surface area contributed by atoms with Crippen molar-refractivity contribution >= 4 is 17.6 Å². The highest BCUT2D eigenvalue weighted by Gasteiger charge is 2.38. The maximum absolute atomic E-state index is 11.2. The van der Waals surface area contributed by atoms with Crippen LogP contribution >= 0.6 is 11.6 Å². The van der Waals surface area contributed by atoms with Crippen molar-refractivity contribution in [3.8, 4) is 17.2 Å². The van der Waals surface area contributed by atoms with Crippen molar-refractivity contribution in [3.05, 3.63) is 16.7 Å². The first-order valence-electron chi connectivity index (χ1n) is 6.73. The van der Waals surface area contributed by atoms with E-state index in [9.17, 15) is 9.90 Å². The lowest BCUT2D eigenvalue weighted by Gasteiger charge is -2.23. The largest absolute Gasteiger partial charge is 0.495 e. The van der Waals surface area contributed by atoms with Gasteiger partial charge in [0.05, 0.1) is 32.8 Å². The quantitative estimate of drug-likeness (QED) is 0.836. The second-order valence-corrected chi connectivity index (χ2v) is 5.49. The van der Waals surface area contributed by atoms with Crippen LogP contribution in [0.3, 0.4) is 0 Å². The van der Waals surface area contributed by atoms with Crippen molar-refractivity contribution in [2.75, 3.05) is 21.3 Å². The fourth-order valence-corrected chi connectivity index (χ4v) is 2.99. The van der Waals surface area contributed by atoms with Crippen LogP contribution in [0, 0.1) is 5.92 Å². The summed E-state index contributed by atoms with van der Waals surface area (Å²) in [5, 5.41) is 9.59. The fraction of sp³-hybridized carbons (Fsp3) is 0.533. The lowest BCUT2D eigenvalue weighted by atomic mass is 9.89. The number of halogens is 1. The minimum Gasteiger partial charge on any atom is -0.495 e. The van der Waals surface area contributed by atoms with Gasteiger partial charge in [0, 0.05) is 17.5 Å². The number of aliphatic carboxylic acids is 1. The Labute approximate surface area is 128 Å². The molecule has 0 saturated heterocycles. The average molecular weight is 315 g/mol. The molecule has 0 heterocycles. The van der Waals surface area contributed by atoms with E-state index in [1.54, 1.807) is 6.07 Å². The third kappa shape index (κ3) is 3.18. The van der Waals surface area contributed by atoms with Crippen molar-refractivity contribution in [3.63, 3.8) is 0 Å². The molecule has 5 nitrogen and oxygen atoms in total. The Kier molecular flexibility index (Phi) is 4.83. The van der Waals surface area contributed by atoms with Crippen LogP contribution in [0.5, 0.6) is 17.2 Å². The van der Waals surface area contributed by atoms with Crippen molar-refractivity contribution in [1.82, 2.24) is 0 Å². The first kappa shape index (κ1) is 15.8. The Balaban J connectivity index is 2.61. The van der Waals surface area contributed by atoms with E-state index in [2.05, 4.69) is 0 Å². The second-order valence-electron chi connectivity index (χ2n) is 5.08. The zero-order valence-corrected chi connectivity index (χ0v) is 13.1. The molecule has 6 heteroatoms. The van der Waals surface area contributed by atoms with Gasteiger partial charge in [-0.2, -0.15) is 0 Å². The molecule has 21 heavy (non-hydrogen) atoms. The van der Waals surface area contributed by atoms with E-state index >= 15 is 0 Å². The average Bonchev–Trinajstić information content (AvgIpc) is 3.27. The third-order valence-electron chi connectivity index (χ3n) is 3.77. The smallest absolute Gasteiger partial charge is 0.303 e. The molecule has 1 aliphatic rings. The summed E-state index contributed by atoms with van der Waals surface area (Å²) in [6, 6.07) is 1.62. The van der Waals surface area contributed by atoms with Crippen LogP contribution in [0.1, 0.15) is 30.7 Å². The molecule has 1 aliphatic carbocycles. The highest BCUT2D eigenvalue weighted by Crippen LogP contribution is 2.54. The molecule has 0 aromatic heterocycles. The van der Waals surface area contributed by atoms with Crippen LogP contribution in [-0.4, -0.2) is 32.4 Å². The Bertz CT molecular complexity index is 539. The first-order valence-corrected chi connectivity index (χ1v) is 7.11. The van der Waals surface area contributed by atoms with E-state index in [0.29, 0.717) is 33.8 Å². The summed E-state index contributed by atoms with van der Waals surface area (Å²) in [6.07, 6.45) is 2.01. The predicted octanol–water partition coefficient (Wildman–Crippen LogP) is 3.33. The van der Waals surface area contributed by atoms with E-state index < -0.39 is 5.97 Å². The number of benzene rings is 1. The molecule has 1 unspecified atom stereocenters. The molecular weight excluding hydrogens is 296 g/mol. The monoisotopic (exact) mass is 314 g/mol. The number of carboxylic acid groups (broad SMARTS) is 1. The Morgan fingerprint density at radius 1 is 1.29 bits per heavy atom. The van der Waals surface area contributed by atoms with Gasteiger partial charge in [-0.3, -0.25) is 4.79 Å². The molecule has 116 valence electrons. The van der Waals surface area contributed by atoms with Gasteiger partial charge in [-0.25, -0.2) is 0 Å². The topological polar surface area (TPSA) is 65.0 Å². The lowest BCUT2D eigenvalue weighted by molar-refractivity contribution is -0.137. The van der Waals surface area contributed by atoms with Gasteiger partial charge in [0.2, 0.25) is 0 Å². The molecule has 0 bridgehead atoms. The molecule has 0 amide bonds. The molecule has 1 saturated carbocycles. The van der Waals surface area contributed by atoms with Gasteiger partial charge < -0.3 is 19.3 Å². The van der Waals surface area contributed by atoms with Crippen molar-refractivity contribution in [2.45, 2.75) is 25.2 Å². The molecule has 2 rings (SSSR count). The van der Waals surface area contributed by atoms with Crippen LogP contribution in [0.15, 0.2) is 6.07 Å². The standard InChI is InChI=1S/C15H19ClO5/c1-19-11-7-10(16)14(20-2)13(15(11)21-3)9(6-12(17)18)8-4-5-8/h7-9H,4-6H2,1-3H3,(H,17,18). The minimum atomic E-state index is -0.852. The maximum Gasteiger partial charge on any atom is 0.303 e. The molecule has 0 spiro atoms.